The lowest BCUT2D eigenvalue weighted by Crippen LogP contribution is -2.22. The highest BCUT2D eigenvalue weighted by molar-refractivity contribution is 5.06. The van der Waals surface area contributed by atoms with Crippen LogP contribution in [-0.2, 0) is 0 Å². The van der Waals surface area contributed by atoms with Gasteiger partial charge in [0.2, 0.25) is 0 Å². The summed E-state index contributed by atoms with van der Waals surface area (Å²) in [5.74, 6) is 2.54. The van der Waals surface area contributed by atoms with Crippen molar-refractivity contribution in [1.82, 2.24) is 5.32 Å². The Bertz CT molecular complexity index is 182. The fourth-order valence-electron chi connectivity index (χ4n) is 0.665. The third-order valence-corrected chi connectivity index (χ3v) is 1.26. The van der Waals surface area contributed by atoms with Crippen LogP contribution in [-0.4, -0.2) is 12.6 Å². The number of hydrogen-bond acceptors (Lipinski definition) is 1. The van der Waals surface area contributed by atoms with Gasteiger partial charge in [-0.2, -0.15) is 0 Å². The fraction of sp³-hybridized carbons (Fsp3) is 0.455. The molecule has 0 rings (SSSR count). The maximum atomic E-state index is 5.07. The Hall–Kier alpha value is -1.00. The van der Waals surface area contributed by atoms with Gasteiger partial charge in [-0.05, 0) is 0 Å². The monoisotopic (exact) mass is 163 g/mol. The normalized spacial score (nSPS) is 11.5. The maximum absolute atomic E-state index is 5.07. The second-order valence-electron chi connectivity index (χ2n) is 2.83. The van der Waals surface area contributed by atoms with Crippen LogP contribution in [0.3, 0.4) is 0 Å². The SMILES string of the molecule is C#CC/C=C\C=C/CNC(C)C. The smallest absolute Gasteiger partial charge is 0.0270 e. The van der Waals surface area contributed by atoms with Gasteiger partial charge >= 0.3 is 0 Å². The number of nitrogens with one attached hydrogen (secondary N) is 1. The minimum absolute atomic E-state index is 0.546. The van der Waals surface area contributed by atoms with Crippen LogP contribution < -0.4 is 5.32 Å². The Balaban J connectivity index is 3.32. The third-order valence-electron chi connectivity index (χ3n) is 1.26. The summed E-state index contributed by atoms with van der Waals surface area (Å²) < 4.78 is 0. The minimum Gasteiger partial charge on any atom is -0.311 e. The van der Waals surface area contributed by atoms with E-state index in [4.69, 9.17) is 6.42 Å². The summed E-state index contributed by atoms with van der Waals surface area (Å²) in [4.78, 5) is 0. The van der Waals surface area contributed by atoms with Crippen LogP contribution in [0.1, 0.15) is 20.3 Å². The molecule has 1 N–H and O–H groups in total. The van der Waals surface area contributed by atoms with Gasteiger partial charge in [0, 0.05) is 19.0 Å². The molecular weight excluding hydrogens is 146 g/mol. The van der Waals surface area contributed by atoms with Crippen molar-refractivity contribution in [3.05, 3.63) is 24.3 Å². The standard InChI is InChI=1S/C11H17N/c1-4-5-6-7-8-9-10-12-11(2)3/h1,6-9,11-12H,5,10H2,2-3H3/b7-6-,9-8-. The predicted molar refractivity (Wildman–Crippen MR) is 54.9 cm³/mol. The average molecular weight is 163 g/mol. The van der Waals surface area contributed by atoms with E-state index in [2.05, 4.69) is 31.2 Å². The molecule has 0 saturated heterocycles. The van der Waals surface area contributed by atoms with Crippen molar-refractivity contribution in [3.8, 4) is 12.3 Å². The molecular formula is C11H17N. The van der Waals surface area contributed by atoms with Gasteiger partial charge in [-0.3, -0.25) is 0 Å². The first-order valence-corrected chi connectivity index (χ1v) is 4.26. The van der Waals surface area contributed by atoms with Gasteiger partial charge in [0.15, 0.2) is 0 Å². The van der Waals surface area contributed by atoms with Gasteiger partial charge < -0.3 is 5.32 Å². The summed E-state index contributed by atoms with van der Waals surface area (Å²) in [5, 5.41) is 3.28. The van der Waals surface area contributed by atoms with Gasteiger partial charge in [0.1, 0.15) is 0 Å². The molecule has 0 fully saturated rings. The van der Waals surface area contributed by atoms with E-state index < -0.39 is 0 Å². The zero-order valence-corrected chi connectivity index (χ0v) is 7.88. The van der Waals surface area contributed by atoms with E-state index in [0.29, 0.717) is 12.5 Å². The van der Waals surface area contributed by atoms with Gasteiger partial charge in [-0.15, -0.1) is 12.3 Å². The number of hydrogen-bond donors (Lipinski definition) is 1. The summed E-state index contributed by atoms with van der Waals surface area (Å²) in [7, 11) is 0. The van der Waals surface area contributed by atoms with E-state index >= 15 is 0 Å². The van der Waals surface area contributed by atoms with Crippen molar-refractivity contribution in [3.63, 3.8) is 0 Å². The van der Waals surface area contributed by atoms with E-state index in [1.54, 1.807) is 0 Å². The highest BCUT2D eigenvalue weighted by Gasteiger charge is 1.84. The number of terminal acetylenes is 1. The van der Waals surface area contributed by atoms with Crippen LogP contribution in [0, 0.1) is 12.3 Å². The van der Waals surface area contributed by atoms with Crippen LogP contribution in [0.2, 0.25) is 0 Å². The van der Waals surface area contributed by atoms with Crippen molar-refractivity contribution < 1.29 is 0 Å². The van der Waals surface area contributed by atoms with Crippen molar-refractivity contribution in [2.24, 2.45) is 0 Å². The number of rotatable bonds is 5. The molecule has 0 atom stereocenters. The van der Waals surface area contributed by atoms with Crippen LogP contribution in [0.5, 0.6) is 0 Å². The molecule has 1 heteroatoms. The van der Waals surface area contributed by atoms with E-state index in [9.17, 15) is 0 Å². The third kappa shape index (κ3) is 9.00. The largest absolute Gasteiger partial charge is 0.311 e. The highest BCUT2D eigenvalue weighted by atomic mass is 14.9. The summed E-state index contributed by atoms with van der Waals surface area (Å²) >= 11 is 0. The minimum atomic E-state index is 0.546. The molecule has 0 spiro atoms. The van der Waals surface area contributed by atoms with Crippen LogP contribution >= 0.6 is 0 Å². The molecule has 0 aromatic heterocycles. The molecule has 0 bridgehead atoms. The predicted octanol–water partition coefficient (Wildman–Crippen LogP) is 2.12. The van der Waals surface area contributed by atoms with Gasteiger partial charge in [-0.25, -0.2) is 0 Å². The molecule has 0 unspecified atom stereocenters. The van der Waals surface area contributed by atoms with Crippen LogP contribution in [0.25, 0.3) is 0 Å². The molecule has 0 amide bonds. The molecule has 0 radical (unpaired) electrons. The second kappa shape index (κ2) is 8.10. The van der Waals surface area contributed by atoms with Gasteiger partial charge in [0.25, 0.3) is 0 Å². The van der Waals surface area contributed by atoms with E-state index in [1.165, 1.54) is 0 Å². The summed E-state index contributed by atoms with van der Waals surface area (Å²) in [6.45, 7) is 5.17. The average Bonchev–Trinajstić information content (AvgIpc) is 2.02. The molecule has 0 aliphatic carbocycles. The Kier molecular flexibility index (Phi) is 7.42. The Morgan fingerprint density at radius 2 is 2.00 bits per heavy atom. The topological polar surface area (TPSA) is 12.0 Å². The van der Waals surface area contributed by atoms with Crippen LogP contribution in [0.15, 0.2) is 24.3 Å². The Labute approximate surface area is 75.6 Å². The lowest BCUT2D eigenvalue weighted by Gasteiger charge is -2.02. The van der Waals surface area contributed by atoms with E-state index in [1.807, 2.05) is 18.2 Å². The molecule has 0 aliphatic heterocycles. The Morgan fingerprint density at radius 3 is 2.58 bits per heavy atom. The number of allylic oxidation sites excluding steroid dienone is 3. The molecule has 0 aromatic carbocycles. The summed E-state index contributed by atoms with van der Waals surface area (Å²) in [6.07, 6.45) is 13.8. The molecule has 0 saturated carbocycles. The maximum Gasteiger partial charge on any atom is 0.0270 e. The van der Waals surface area contributed by atoms with Gasteiger partial charge in [0.05, 0.1) is 0 Å². The quantitative estimate of drug-likeness (QED) is 0.483. The second-order valence-corrected chi connectivity index (χ2v) is 2.83. The Morgan fingerprint density at radius 1 is 1.33 bits per heavy atom. The molecule has 1 nitrogen and oxygen atoms in total. The summed E-state index contributed by atoms with van der Waals surface area (Å²) in [5.41, 5.74) is 0. The van der Waals surface area contributed by atoms with Gasteiger partial charge in [-0.1, -0.05) is 38.2 Å². The first kappa shape index (κ1) is 11.0. The molecule has 0 aliphatic rings. The lowest BCUT2D eigenvalue weighted by molar-refractivity contribution is 0.632. The molecule has 12 heavy (non-hydrogen) atoms. The van der Waals surface area contributed by atoms with Crippen molar-refractivity contribution in [2.75, 3.05) is 6.54 Å². The molecule has 0 aromatic rings. The molecule has 0 heterocycles. The van der Waals surface area contributed by atoms with Crippen molar-refractivity contribution >= 4 is 0 Å². The van der Waals surface area contributed by atoms with Crippen molar-refractivity contribution in [1.29, 1.82) is 0 Å². The van der Waals surface area contributed by atoms with Crippen LogP contribution in [0.4, 0.5) is 0 Å². The van der Waals surface area contributed by atoms with Crippen molar-refractivity contribution in [2.45, 2.75) is 26.3 Å². The fourth-order valence-corrected chi connectivity index (χ4v) is 0.665. The lowest BCUT2D eigenvalue weighted by atomic mass is 10.3. The summed E-state index contributed by atoms with van der Waals surface area (Å²) in [6, 6.07) is 0.546. The first-order valence-electron chi connectivity index (χ1n) is 4.26. The highest BCUT2D eigenvalue weighted by Crippen LogP contribution is 1.82. The zero-order chi connectivity index (χ0) is 9.23. The first-order chi connectivity index (χ1) is 5.77. The van der Waals surface area contributed by atoms with E-state index in [-0.39, 0.29) is 0 Å². The zero-order valence-electron chi connectivity index (χ0n) is 7.88. The van der Waals surface area contributed by atoms with E-state index in [0.717, 1.165) is 6.54 Å². The molecule has 66 valence electrons.